The van der Waals surface area contributed by atoms with Gasteiger partial charge in [0.1, 0.15) is 5.58 Å². The molecule has 0 spiro atoms. The third kappa shape index (κ3) is 1.80. The standard InChI is InChI=1S/C18H14O4/c1-10-5-6-15-13(9-10)11-7-8-21-17-12(3-2-4-14(17)19)16(11)18(20)22-15/h2-6,9,19H,7-8H2,1H3. The van der Waals surface area contributed by atoms with E-state index in [2.05, 4.69) is 0 Å². The summed E-state index contributed by atoms with van der Waals surface area (Å²) >= 11 is 0. The summed E-state index contributed by atoms with van der Waals surface area (Å²) in [6.07, 6.45) is 0.592. The SMILES string of the molecule is Cc1ccc2oc(=O)c3c(c2c1)CCOc1c(O)cccc1-3. The van der Waals surface area contributed by atoms with Crippen molar-refractivity contribution < 1.29 is 14.3 Å². The molecule has 4 nitrogen and oxygen atoms in total. The molecular formula is C18H14O4. The number of phenols is 1. The average Bonchev–Trinajstić information content (AvgIpc) is 2.69. The molecule has 2 heterocycles. The summed E-state index contributed by atoms with van der Waals surface area (Å²) in [6.45, 7) is 2.41. The first kappa shape index (κ1) is 13.0. The molecule has 0 saturated heterocycles. The lowest BCUT2D eigenvalue weighted by Crippen LogP contribution is -2.08. The maximum absolute atomic E-state index is 12.5. The van der Waals surface area contributed by atoms with Gasteiger partial charge in [0.25, 0.3) is 0 Å². The first-order chi connectivity index (χ1) is 10.6. The maximum Gasteiger partial charge on any atom is 0.344 e. The Balaban J connectivity index is 2.16. The van der Waals surface area contributed by atoms with Crippen molar-refractivity contribution in [2.24, 2.45) is 0 Å². The van der Waals surface area contributed by atoms with Gasteiger partial charge in [0, 0.05) is 17.4 Å². The van der Waals surface area contributed by atoms with Gasteiger partial charge >= 0.3 is 5.63 Å². The van der Waals surface area contributed by atoms with Crippen LogP contribution in [0, 0.1) is 6.92 Å². The van der Waals surface area contributed by atoms with Gasteiger partial charge < -0.3 is 14.3 Å². The highest BCUT2D eigenvalue weighted by Gasteiger charge is 2.24. The normalized spacial score (nSPS) is 13.1. The van der Waals surface area contributed by atoms with E-state index in [9.17, 15) is 9.90 Å². The van der Waals surface area contributed by atoms with Gasteiger partial charge in [-0.2, -0.15) is 0 Å². The number of hydrogen-bond donors (Lipinski definition) is 1. The third-order valence-corrected chi connectivity index (χ3v) is 4.03. The van der Waals surface area contributed by atoms with Crippen LogP contribution in [0.25, 0.3) is 22.1 Å². The molecule has 0 atom stereocenters. The Morgan fingerprint density at radius 1 is 1.18 bits per heavy atom. The predicted molar refractivity (Wildman–Crippen MR) is 83.5 cm³/mol. The van der Waals surface area contributed by atoms with Crippen LogP contribution in [-0.4, -0.2) is 11.7 Å². The number of aromatic hydroxyl groups is 1. The van der Waals surface area contributed by atoms with E-state index >= 15 is 0 Å². The molecule has 0 amide bonds. The van der Waals surface area contributed by atoms with Crippen molar-refractivity contribution in [2.75, 3.05) is 6.61 Å². The number of rotatable bonds is 0. The molecule has 2 aromatic carbocycles. The smallest absolute Gasteiger partial charge is 0.344 e. The van der Waals surface area contributed by atoms with Gasteiger partial charge in [0.15, 0.2) is 11.5 Å². The first-order valence-corrected chi connectivity index (χ1v) is 7.16. The van der Waals surface area contributed by atoms with Crippen LogP contribution in [0.4, 0.5) is 0 Å². The van der Waals surface area contributed by atoms with Crippen molar-refractivity contribution in [3.05, 3.63) is 57.9 Å². The van der Waals surface area contributed by atoms with E-state index in [-0.39, 0.29) is 5.75 Å². The number of para-hydroxylation sites is 1. The van der Waals surface area contributed by atoms with E-state index < -0.39 is 5.63 Å². The van der Waals surface area contributed by atoms with Crippen molar-refractivity contribution in [1.82, 2.24) is 0 Å². The summed E-state index contributed by atoms with van der Waals surface area (Å²) in [4.78, 5) is 12.5. The van der Waals surface area contributed by atoms with Gasteiger partial charge in [-0.25, -0.2) is 4.79 Å². The van der Waals surface area contributed by atoms with Crippen molar-refractivity contribution in [3.8, 4) is 22.6 Å². The number of fused-ring (bicyclic) bond motifs is 5. The molecule has 4 heteroatoms. The highest BCUT2D eigenvalue weighted by molar-refractivity contribution is 5.89. The molecule has 22 heavy (non-hydrogen) atoms. The predicted octanol–water partition coefficient (Wildman–Crippen LogP) is 3.41. The van der Waals surface area contributed by atoms with Crippen LogP contribution in [0.15, 0.2) is 45.6 Å². The number of hydrogen-bond acceptors (Lipinski definition) is 4. The fourth-order valence-electron chi connectivity index (χ4n) is 3.04. The van der Waals surface area contributed by atoms with E-state index in [1.54, 1.807) is 18.2 Å². The second-order valence-corrected chi connectivity index (χ2v) is 5.49. The van der Waals surface area contributed by atoms with Crippen LogP contribution >= 0.6 is 0 Å². The fourth-order valence-corrected chi connectivity index (χ4v) is 3.04. The largest absolute Gasteiger partial charge is 0.504 e. The zero-order valence-corrected chi connectivity index (χ0v) is 12.1. The van der Waals surface area contributed by atoms with E-state index in [1.807, 2.05) is 25.1 Å². The Labute approximate surface area is 126 Å². The lowest BCUT2D eigenvalue weighted by atomic mass is 9.96. The highest BCUT2D eigenvalue weighted by atomic mass is 16.5. The van der Waals surface area contributed by atoms with Gasteiger partial charge in [-0.15, -0.1) is 0 Å². The topological polar surface area (TPSA) is 59.7 Å². The van der Waals surface area contributed by atoms with Crippen molar-refractivity contribution in [1.29, 1.82) is 0 Å². The van der Waals surface area contributed by atoms with Gasteiger partial charge in [-0.1, -0.05) is 23.8 Å². The van der Waals surface area contributed by atoms with Gasteiger partial charge in [0.2, 0.25) is 0 Å². The number of phenolic OH excluding ortho intramolecular Hbond substituents is 1. The molecule has 0 saturated carbocycles. The molecule has 3 aromatic rings. The summed E-state index contributed by atoms with van der Waals surface area (Å²) < 4.78 is 11.1. The minimum Gasteiger partial charge on any atom is -0.504 e. The first-order valence-electron chi connectivity index (χ1n) is 7.16. The summed E-state index contributed by atoms with van der Waals surface area (Å²) in [5.74, 6) is 0.384. The Hall–Kier alpha value is -2.75. The van der Waals surface area contributed by atoms with Crippen LogP contribution in [0.1, 0.15) is 11.1 Å². The molecule has 1 aromatic heterocycles. The molecule has 1 N–H and O–H groups in total. The van der Waals surface area contributed by atoms with Crippen molar-refractivity contribution in [2.45, 2.75) is 13.3 Å². The van der Waals surface area contributed by atoms with Gasteiger partial charge in [0.05, 0.1) is 12.2 Å². The lowest BCUT2D eigenvalue weighted by molar-refractivity contribution is 0.308. The summed E-state index contributed by atoms with van der Waals surface area (Å²) in [5, 5.41) is 10.9. The molecule has 0 unspecified atom stereocenters. The minimum atomic E-state index is -0.399. The molecule has 4 rings (SSSR count). The summed E-state index contributed by atoms with van der Waals surface area (Å²) in [7, 11) is 0. The lowest BCUT2D eigenvalue weighted by Gasteiger charge is -2.10. The molecular weight excluding hydrogens is 280 g/mol. The number of ether oxygens (including phenoxy) is 1. The zero-order chi connectivity index (χ0) is 15.3. The third-order valence-electron chi connectivity index (χ3n) is 4.03. The quantitative estimate of drug-likeness (QED) is 0.645. The Kier molecular flexibility index (Phi) is 2.73. The van der Waals surface area contributed by atoms with E-state index in [0.29, 0.717) is 35.5 Å². The van der Waals surface area contributed by atoms with Crippen molar-refractivity contribution >= 4 is 11.0 Å². The molecule has 1 aliphatic heterocycles. The zero-order valence-electron chi connectivity index (χ0n) is 12.1. The summed E-state index contributed by atoms with van der Waals surface area (Å²) in [6, 6.07) is 10.8. The van der Waals surface area contributed by atoms with Gasteiger partial charge in [-0.3, -0.25) is 0 Å². The van der Waals surface area contributed by atoms with E-state index in [0.717, 1.165) is 16.5 Å². The van der Waals surface area contributed by atoms with Crippen LogP contribution in [-0.2, 0) is 6.42 Å². The molecule has 0 fully saturated rings. The Morgan fingerprint density at radius 3 is 2.91 bits per heavy atom. The second kappa shape index (κ2) is 4.63. The van der Waals surface area contributed by atoms with E-state index in [4.69, 9.17) is 9.15 Å². The molecule has 0 aliphatic carbocycles. The number of benzene rings is 2. The fraction of sp³-hybridized carbons (Fsp3) is 0.167. The van der Waals surface area contributed by atoms with Crippen LogP contribution in [0.3, 0.4) is 0 Å². The molecule has 0 radical (unpaired) electrons. The molecule has 1 aliphatic rings. The van der Waals surface area contributed by atoms with Crippen LogP contribution < -0.4 is 10.4 Å². The highest BCUT2D eigenvalue weighted by Crippen LogP contribution is 2.41. The summed E-state index contributed by atoms with van der Waals surface area (Å²) in [5.41, 5.74) is 3.27. The van der Waals surface area contributed by atoms with Crippen molar-refractivity contribution in [3.63, 3.8) is 0 Å². The Bertz CT molecular complexity index is 953. The van der Waals surface area contributed by atoms with Crippen LogP contribution in [0.2, 0.25) is 0 Å². The second-order valence-electron chi connectivity index (χ2n) is 5.49. The molecule has 110 valence electrons. The van der Waals surface area contributed by atoms with Gasteiger partial charge in [-0.05, 0) is 30.7 Å². The monoisotopic (exact) mass is 294 g/mol. The minimum absolute atomic E-state index is 0.0362. The Morgan fingerprint density at radius 2 is 2.05 bits per heavy atom. The maximum atomic E-state index is 12.5. The average molecular weight is 294 g/mol. The molecule has 0 bridgehead atoms. The number of aryl methyl sites for hydroxylation is 1. The van der Waals surface area contributed by atoms with E-state index in [1.165, 1.54) is 0 Å². The van der Waals surface area contributed by atoms with Crippen LogP contribution in [0.5, 0.6) is 11.5 Å².